The fourth-order valence-corrected chi connectivity index (χ4v) is 2.96. The van der Waals surface area contributed by atoms with E-state index in [0.29, 0.717) is 18.8 Å². The van der Waals surface area contributed by atoms with E-state index >= 15 is 0 Å². The van der Waals surface area contributed by atoms with Gasteiger partial charge in [-0.25, -0.2) is 8.78 Å². The monoisotopic (exact) mass is 248 g/mol. The lowest BCUT2D eigenvalue weighted by molar-refractivity contribution is -0.0666. The SMILES string of the molecule is OC(CC1CCOCC1)C1CCC(F)(F)CC1. The number of hydrogen-bond acceptors (Lipinski definition) is 2. The Hall–Kier alpha value is -0.220. The van der Waals surface area contributed by atoms with Crippen LogP contribution in [0.25, 0.3) is 0 Å². The molecule has 2 aliphatic rings. The van der Waals surface area contributed by atoms with Gasteiger partial charge < -0.3 is 9.84 Å². The molecule has 1 aliphatic heterocycles. The fourth-order valence-electron chi connectivity index (χ4n) is 2.96. The highest BCUT2D eigenvalue weighted by molar-refractivity contribution is 4.82. The summed E-state index contributed by atoms with van der Waals surface area (Å²) in [4.78, 5) is 0. The van der Waals surface area contributed by atoms with E-state index in [-0.39, 0.29) is 18.8 Å². The van der Waals surface area contributed by atoms with Crippen LogP contribution in [-0.4, -0.2) is 30.3 Å². The number of ether oxygens (including phenoxy) is 1. The maximum absolute atomic E-state index is 13.0. The summed E-state index contributed by atoms with van der Waals surface area (Å²) in [7, 11) is 0. The minimum Gasteiger partial charge on any atom is -0.393 e. The van der Waals surface area contributed by atoms with Crippen LogP contribution in [0.3, 0.4) is 0 Å². The van der Waals surface area contributed by atoms with Crippen LogP contribution in [0.5, 0.6) is 0 Å². The molecule has 0 bridgehead atoms. The number of aliphatic hydroxyl groups excluding tert-OH is 1. The first-order valence-corrected chi connectivity index (χ1v) is 6.70. The van der Waals surface area contributed by atoms with E-state index < -0.39 is 12.0 Å². The Bertz CT molecular complexity index is 230. The number of aliphatic hydroxyl groups is 1. The third-order valence-electron chi connectivity index (χ3n) is 4.22. The van der Waals surface area contributed by atoms with Gasteiger partial charge >= 0.3 is 0 Å². The molecule has 1 heterocycles. The highest BCUT2D eigenvalue weighted by Crippen LogP contribution is 2.39. The number of hydrogen-bond donors (Lipinski definition) is 1. The van der Waals surface area contributed by atoms with Crippen LogP contribution in [0.15, 0.2) is 0 Å². The first kappa shape index (κ1) is 13.2. The van der Waals surface area contributed by atoms with Crippen molar-refractivity contribution in [3.63, 3.8) is 0 Å². The third kappa shape index (κ3) is 3.88. The molecule has 4 heteroatoms. The van der Waals surface area contributed by atoms with Crippen LogP contribution < -0.4 is 0 Å². The quantitative estimate of drug-likeness (QED) is 0.832. The average Bonchev–Trinajstić information content (AvgIpc) is 2.30. The van der Waals surface area contributed by atoms with Gasteiger partial charge in [-0.15, -0.1) is 0 Å². The molecule has 1 N–H and O–H groups in total. The average molecular weight is 248 g/mol. The summed E-state index contributed by atoms with van der Waals surface area (Å²) in [6, 6.07) is 0. The van der Waals surface area contributed by atoms with E-state index in [0.717, 1.165) is 32.5 Å². The molecule has 0 amide bonds. The minimum atomic E-state index is -2.49. The first-order chi connectivity index (χ1) is 8.07. The third-order valence-corrected chi connectivity index (χ3v) is 4.22. The largest absolute Gasteiger partial charge is 0.393 e. The topological polar surface area (TPSA) is 29.5 Å². The standard InChI is InChI=1S/C13H22F2O2/c14-13(15)5-1-11(2-6-13)12(16)9-10-3-7-17-8-4-10/h10-12,16H,1-9H2. The van der Waals surface area contributed by atoms with E-state index in [4.69, 9.17) is 4.74 Å². The van der Waals surface area contributed by atoms with Crippen LogP contribution in [0.1, 0.15) is 44.9 Å². The Balaban J connectivity index is 1.74. The van der Waals surface area contributed by atoms with E-state index in [1.807, 2.05) is 0 Å². The van der Waals surface area contributed by atoms with Gasteiger partial charge in [0.05, 0.1) is 6.10 Å². The van der Waals surface area contributed by atoms with Crippen molar-refractivity contribution in [2.24, 2.45) is 11.8 Å². The highest BCUT2D eigenvalue weighted by Gasteiger charge is 2.37. The predicted molar refractivity (Wildman–Crippen MR) is 61.1 cm³/mol. The normalized spacial score (nSPS) is 29.1. The van der Waals surface area contributed by atoms with Crippen molar-refractivity contribution >= 4 is 0 Å². The van der Waals surface area contributed by atoms with Gasteiger partial charge in [0.2, 0.25) is 5.92 Å². The van der Waals surface area contributed by atoms with Gasteiger partial charge in [-0.3, -0.25) is 0 Å². The summed E-state index contributed by atoms with van der Waals surface area (Å²) >= 11 is 0. The van der Waals surface area contributed by atoms with Crippen molar-refractivity contribution < 1.29 is 18.6 Å². The number of rotatable bonds is 3. The maximum Gasteiger partial charge on any atom is 0.248 e. The Labute approximate surface area is 101 Å². The summed E-state index contributed by atoms with van der Waals surface area (Å²) in [6.07, 6.45) is 3.20. The summed E-state index contributed by atoms with van der Waals surface area (Å²) in [5.74, 6) is -1.90. The molecule has 0 aromatic carbocycles. The lowest BCUT2D eigenvalue weighted by Gasteiger charge is -2.33. The van der Waals surface area contributed by atoms with Crippen LogP contribution in [-0.2, 0) is 4.74 Å². The van der Waals surface area contributed by atoms with Crippen molar-refractivity contribution in [2.75, 3.05) is 13.2 Å². The van der Waals surface area contributed by atoms with Gasteiger partial charge in [0, 0.05) is 26.1 Å². The molecule has 100 valence electrons. The Morgan fingerprint density at radius 1 is 1.12 bits per heavy atom. The molecule has 2 fully saturated rings. The van der Waals surface area contributed by atoms with Crippen molar-refractivity contribution in [2.45, 2.75) is 57.0 Å². The van der Waals surface area contributed by atoms with E-state index in [9.17, 15) is 13.9 Å². The van der Waals surface area contributed by atoms with E-state index in [1.54, 1.807) is 0 Å². The van der Waals surface area contributed by atoms with E-state index in [2.05, 4.69) is 0 Å². The van der Waals surface area contributed by atoms with Gasteiger partial charge in [0.25, 0.3) is 0 Å². The summed E-state index contributed by atoms with van der Waals surface area (Å²) in [5.41, 5.74) is 0. The number of alkyl halides is 2. The zero-order valence-corrected chi connectivity index (χ0v) is 10.2. The second-order valence-electron chi connectivity index (χ2n) is 5.55. The Kier molecular flexibility index (Phi) is 4.36. The fraction of sp³-hybridized carbons (Fsp3) is 1.00. The van der Waals surface area contributed by atoms with Crippen molar-refractivity contribution in [1.29, 1.82) is 0 Å². The van der Waals surface area contributed by atoms with E-state index in [1.165, 1.54) is 0 Å². The Morgan fingerprint density at radius 2 is 1.71 bits per heavy atom. The molecule has 2 nitrogen and oxygen atoms in total. The zero-order chi connectivity index (χ0) is 12.3. The first-order valence-electron chi connectivity index (χ1n) is 6.70. The summed E-state index contributed by atoms with van der Waals surface area (Å²) in [5, 5.41) is 10.1. The smallest absolute Gasteiger partial charge is 0.248 e. The molecule has 1 atom stereocenters. The minimum absolute atomic E-state index is 0.0531. The molecule has 0 spiro atoms. The van der Waals surface area contributed by atoms with Crippen LogP contribution in [0.2, 0.25) is 0 Å². The van der Waals surface area contributed by atoms with Crippen molar-refractivity contribution in [3.8, 4) is 0 Å². The maximum atomic E-state index is 13.0. The molecule has 17 heavy (non-hydrogen) atoms. The summed E-state index contributed by atoms with van der Waals surface area (Å²) in [6.45, 7) is 1.56. The molecule has 1 aliphatic carbocycles. The molecule has 1 saturated heterocycles. The van der Waals surface area contributed by atoms with Crippen LogP contribution >= 0.6 is 0 Å². The molecule has 0 aromatic rings. The second-order valence-corrected chi connectivity index (χ2v) is 5.55. The molecule has 0 aromatic heterocycles. The molecule has 2 rings (SSSR count). The molecular formula is C13H22F2O2. The molecule has 1 saturated carbocycles. The van der Waals surface area contributed by atoms with Crippen molar-refractivity contribution in [3.05, 3.63) is 0 Å². The Morgan fingerprint density at radius 3 is 2.29 bits per heavy atom. The van der Waals surface area contributed by atoms with Gasteiger partial charge in [-0.2, -0.15) is 0 Å². The lowest BCUT2D eigenvalue weighted by Crippen LogP contribution is -2.33. The molecule has 0 radical (unpaired) electrons. The predicted octanol–water partition coefficient (Wildman–Crippen LogP) is 2.99. The van der Waals surface area contributed by atoms with Gasteiger partial charge in [-0.05, 0) is 43.9 Å². The second kappa shape index (κ2) is 5.61. The lowest BCUT2D eigenvalue weighted by atomic mass is 9.79. The van der Waals surface area contributed by atoms with Crippen molar-refractivity contribution in [1.82, 2.24) is 0 Å². The highest BCUT2D eigenvalue weighted by atomic mass is 19.3. The van der Waals surface area contributed by atoms with Crippen LogP contribution in [0.4, 0.5) is 8.78 Å². The molecule has 1 unspecified atom stereocenters. The van der Waals surface area contributed by atoms with Gasteiger partial charge in [0.15, 0.2) is 0 Å². The molecular weight excluding hydrogens is 226 g/mol. The van der Waals surface area contributed by atoms with Crippen LogP contribution in [0, 0.1) is 11.8 Å². The van der Waals surface area contributed by atoms with Gasteiger partial charge in [0.1, 0.15) is 0 Å². The summed E-state index contributed by atoms with van der Waals surface area (Å²) < 4.78 is 31.3. The van der Waals surface area contributed by atoms with Gasteiger partial charge in [-0.1, -0.05) is 0 Å². The number of halogens is 2. The zero-order valence-electron chi connectivity index (χ0n) is 10.2.